The lowest BCUT2D eigenvalue weighted by Crippen LogP contribution is -2.30. The van der Waals surface area contributed by atoms with Crippen molar-refractivity contribution in [3.05, 3.63) is 65.0 Å². The van der Waals surface area contributed by atoms with Crippen LogP contribution in [0.25, 0.3) is 0 Å². The number of hydrogen-bond donors (Lipinski definition) is 2. The van der Waals surface area contributed by atoms with Gasteiger partial charge in [-0.25, -0.2) is 18.4 Å². The van der Waals surface area contributed by atoms with Crippen molar-refractivity contribution in [1.29, 1.82) is 0 Å². The fraction of sp³-hybridized carbons (Fsp3) is 0.238. The number of hydrogen-bond acceptors (Lipinski definition) is 9. The third kappa shape index (κ3) is 5.35. The average Bonchev–Trinajstić information content (AvgIpc) is 2.80. The van der Waals surface area contributed by atoms with Gasteiger partial charge in [-0.2, -0.15) is 4.31 Å². The lowest BCUT2D eigenvalue weighted by atomic mass is 10.3. The number of methoxy groups -OCH3 is 1. The monoisotopic (exact) mass is 472 g/mol. The van der Waals surface area contributed by atoms with Gasteiger partial charge in [0.25, 0.3) is 0 Å². The minimum atomic E-state index is -3.61. The summed E-state index contributed by atoms with van der Waals surface area (Å²) in [6.45, 7) is 4.25. The maximum absolute atomic E-state index is 12.6. The first-order valence-corrected chi connectivity index (χ1v) is 11.5. The Balaban J connectivity index is 1.87. The summed E-state index contributed by atoms with van der Waals surface area (Å²) in [7, 11) is -2.06. The van der Waals surface area contributed by atoms with E-state index in [2.05, 4.69) is 20.6 Å². The van der Waals surface area contributed by atoms with Gasteiger partial charge in [-0.1, -0.05) is 13.8 Å². The summed E-state index contributed by atoms with van der Waals surface area (Å²) in [4.78, 5) is 19.3. The molecule has 0 fully saturated rings. The van der Waals surface area contributed by atoms with Gasteiger partial charge in [0.15, 0.2) is 0 Å². The molecule has 11 nitrogen and oxygen atoms in total. The van der Waals surface area contributed by atoms with E-state index in [0.29, 0.717) is 30.2 Å². The minimum absolute atomic E-state index is 0.00315. The largest absolute Gasteiger partial charge is 0.497 e. The number of nitrogens with zero attached hydrogens (tertiary/aromatic N) is 4. The van der Waals surface area contributed by atoms with Crippen LogP contribution in [-0.4, -0.2) is 47.8 Å². The molecule has 0 amide bonds. The predicted octanol–water partition coefficient (Wildman–Crippen LogP) is 3.91. The van der Waals surface area contributed by atoms with E-state index in [4.69, 9.17) is 4.74 Å². The molecule has 1 heterocycles. The van der Waals surface area contributed by atoms with Gasteiger partial charge in [-0.15, -0.1) is 0 Å². The minimum Gasteiger partial charge on any atom is -0.497 e. The Hall–Kier alpha value is -3.77. The highest BCUT2D eigenvalue weighted by Crippen LogP contribution is 2.33. The van der Waals surface area contributed by atoms with Gasteiger partial charge in [0, 0.05) is 24.5 Å². The molecule has 33 heavy (non-hydrogen) atoms. The number of sulfonamides is 1. The van der Waals surface area contributed by atoms with Crippen LogP contribution in [0.4, 0.5) is 28.7 Å². The van der Waals surface area contributed by atoms with Crippen molar-refractivity contribution in [2.75, 3.05) is 30.8 Å². The molecule has 3 aromatic rings. The Bertz CT molecular complexity index is 1210. The molecule has 2 aromatic carbocycles. The molecule has 3 rings (SSSR count). The van der Waals surface area contributed by atoms with Crippen LogP contribution in [0.1, 0.15) is 13.8 Å². The van der Waals surface area contributed by atoms with Gasteiger partial charge in [0.05, 0.1) is 16.9 Å². The van der Waals surface area contributed by atoms with Crippen molar-refractivity contribution in [2.45, 2.75) is 18.7 Å². The van der Waals surface area contributed by atoms with Gasteiger partial charge in [0.2, 0.25) is 21.7 Å². The van der Waals surface area contributed by atoms with Crippen LogP contribution in [0.2, 0.25) is 0 Å². The van der Waals surface area contributed by atoms with E-state index in [-0.39, 0.29) is 22.2 Å². The summed E-state index contributed by atoms with van der Waals surface area (Å²) in [5.41, 5.74) is 0.661. The molecule has 1 aromatic heterocycles. The third-order valence-electron chi connectivity index (χ3n) is 4.82. The zero-order valence-corrected chi connectivity index (χ0v) is 19.2. The maximum atomic E-state index is 12.6. The highest BCUT2D eigenvalue weighted by atomic mass is 32.2. The topological polar surface area (TPSA) is 140 Å². The Kier molecular flexibility index (Phi) is 7.41. The third-order valence-corrected chi connectivity index (χ3v) is 6.88. The van der Waals surface area contributed by atoms with Crippen LogP contribution in [0.5, 0.6) is 5.75 Å². The number of benzene rings is 2. The highest BCUT2D eigenvalue weighted by Gasteiger charge is 2.24. The smallest absolute Gasteiger partial charge is 0.353 e. The van der Waals surface area contributed by atoms with E-state index in [1.54, 1.807) is 45.2 Å². The second-order valence-electron chi connectivity index (χ2n) is 6.77. The lowest BCUT2D eigenvalue weighted by Gasteiger charge is -2.18. The van der Waals surface area contributed by atoms with Crippen LogP contribution >= 0.6 is 0 Å². The van der Waals surface area contributed by atoms with Gasteiger partial charge < -0.3 is 15.4 Å². The highest BCUT2D eigenvalue weighted by molar-refractivity contribution is 7.89. The number of aromatic nitrogens is 2. The molecular weight excluding hydrogens is 448 g/mol. The van der Waals surface area contributed by atoms with Crippen LogP contribution in [0.15, 0.2) is 59.8 Å². The molecule has 0 aliphatic heterocycles. The Labute approximate surface area is 191 Å². The van der Waals surface area contributed by atoms with Crippen molar-refractivity contribution >= 4 is 38.7 Å². The average molecular weight is 473 g/mol. The van der Waals surface area contributed by atoms with E-state index >= 15 is 0 Å². The molecule has 12 heteroatoms. The van der Waals surface area contributed by atoms with Crippen molar-refractivity contribution in [3.63, 3.8) is 0 Å². The van der Waals surface area contributed by atoms with E-state index < -0.39 is 14.9 Å². The SMILES string of the molecule is CCN(CC)S(=O)(=O)c1ccc(Nc2ncnc(Nc3ccc(OC)cc3)c2[N+](=O)[O-])cc1. The van der Waals surface area contributed by atoms with Crippen LogP contribution in [-0.2, 0) is 10.0 Å². The molecule has 2 N–H and O–H groups in total. The molecule has 0 aliphatic rings. The summed E-state index contributed by atoms with van der Waals surface area (Å²) in [6.07, 6.45) is 1.19. The molecule has 0 radical (unpaired) electrons. The molecule has 0 atom stereocenters. The second kappa shape index (κ2) is 10.2. The molecule has 0 saturated carbocycles. The number of ether oxygens (including phenoxy) is 1. The fourth-order valence-electron chi connectivity index (χ4n) is 3.11. The number of nitrogens with one attached hydrogen (secondary N) is 2. The molecule has 0 saturated heterocycles. The Morgan fingerprint density at radius 3 is 1.85 bits per heavy atom. The molecule has 0 spiro atoms. The van der Waals surface area contributed by atoms with Gasteiger partial charge in [-0.3, -0.25) is 10.1 Å². The summed E-state index contributed by atoms with van der Waals surface area (Å²) in [6, 6.07) is 12.8. The van der Waals surface area contributed by atoms with E-state index in [1.165, 1.54) is 34.9 Å². The van der Waals surface area contributed by atoms with Crippen LogP contribution in [0.3, 0.4) is 0 Å². The summed E-state index contributed by atoms with van der Waals surface area (Å²) < 4.78 is 31.8. The van der Waals surface area contributed by atoms with Crippen molar-refractivity contribution in [2.24, 2.45) is 0 Å². The quantitative estimate of drug-likeness (QED) is 0.332. The fourth-order valence-corrected chi connectivity index (χ4v) is 4.56. The van der Waals surface area contributed by atoms with Gasteiger partial charge >= 0.3 is 5.69 Å². The summed E-state index contributed by atoms with van der Waals surface area (Å²) in [5.74, 6) is 0.611. The molecule has 0 unspecified atom stereocenters. The maximum Gasteiger partial charge on any atom is 0.353 e. The lowest BCUT2D eigenvalue weighted by molar-refractivity contribution is -0.383. The first-order chi connectivity index (χ1) is 15.8. The first-order valence-electron chi connectivity index (χ1n) is 10.1. The van der Waals surface area contributed by atoms with Gasteiger partial charge in [-0.05, 0) is 48.5 Å². The van der Waals surface area contributed by atoms with E-state index in [0.717, 1.165) is 0 Å². The molecular formula is C21H24N6O5S. The molecule has 174 valence electrons. The second-order valence-corrected chi connectivity index (χ2v) is 8.71. The predicted molar refractivity (Wildman–Crippen MR) is 125 cm³/mol. The number of anilines is 4. The normalized spacial score (nSPS) is 11.3. The Morgan fingerprint density at radius 2 is 1.42 bits per heavy atom. The van der Waals surface area contributed by atoms with Crippen molar-refractivity contribution in [3.8, 4) is 5.75 Å². The first kappa shape index (κ1) is 23.9. The summed E-state index contributed by atoms with van der Waals surface area (Å²) in [5, 5.41) is 17.6. The summed E-state index contributed by atoms with van der Waals surface area (Å²) >= 11 is 0. The van der Waals surface area contributed by atoms with Crippen LogP contribution in [0, 0.1) is 10.1 Å². The van der Waals surface area contributed by atoms with E-state index in [1.807, 2.05) is 0 Å². The van der Waals surface area contributed by atoms with E-state index in [9.17, 15) is 18.5 Å². The molecule has 0 bridgehead atoms. The Morgan fingerprint density at radius 1 is 0.939 bits per heavy atom. The van der Waals surface area contributed by atoms with Gasteiger partial charge in [0.1, 0.15) is 12.1 Å². The van der Waals surface area contributed by atoms with Crippen LogP contribution < -0.4 is 15.4 Å². The van der Waals surface area contributed by atoms with Crippen molar-refractivity contribution < 1.29 is 18.1 Å². The zero-order chi connectivity index (χ0) is 24.0. The zero-order valence-electron chi connectivity index (χ0n) is 18.3. The standard InChI is InChI=1S/C21H24N6O5S/c1-4-26(5-2)33(30,31)18-12-8-16(9-13-18)25-21-19(27(28)29)20(22-14-23-21)24-15-6-10-17(32-3)11-7-15/h6-14H,4-5H2,1-3H3,(H2,22,23,24,25). The number of rotatable bonds is 10. The number of nitro groups is 1. The van der Waals surface area contributed by atoms with Crippen molar-refractivity contribution in [1.82, 2.24) is 14.3 Å². The molecule has 0 aliphatic carbocycles.